The first kappa shape index (κ1) is 45.0. The number of H-pyrrole nitrogens is 2. The lowest BCUT2D eigenvalue weighted by Crippen LogP contribution is -2.45. The number of hydrogen-bond donors (Lipinski definition) is 4. The monoisotopic (exact) mass is 878 g/mol. The van der Waals surface area contributed by atoms with Gasteiger partial charge in [-0.1, -0.05) is 44.5 Å². The molecule has 0 bridgehead atoms. The zero-order chi connectivity index (χ0) is 42.3. The lowest BCUT2D eigenvalue weighted by atomic mass is 10.0. The van der Waals surface area contributed by atoms with Crippen molar-refractivity contribution in [2.45, 2.75) is 71.9 Å². The van der Waals surface area contributed by atoms with Gasteiger partial charge in [0.05, 0.1) is 35.5 Å². The van der Waals surface area contributed by atoms with Crippen LogP contribution >= 0.6 is 23.2 Å². The second-order valence-electron chi connectivity index (χ2n) is 15.3. The molecular weight excluding hydrogens is 829 g/mol. The number of amides is 2. The van der Waals surface area contributed by atoms with Gasteiger partial charge in [0.15, 0.2) is 34.9 Å². The van der Waals surface area contributed by atoms with Gasteiger partial charge in [-0.2, -0.15) is 0 Å². The normalized spacial score (nSPS) is 16.6. The van der Waals surface area contributed by atoms with Crippen LogP contribution in [0.2, 0.25) is 10.0 Å². The molecule has 8 rings (SSSR count). The number of pyridine rings is 2. The van der Waals surface area contributed by atoms with Crippen LogP contribution < -0.4 is 10.6 Å². The number of nitrogens with one attached hydrogen (secondary N) is 4. The van der Waals surface area contributed by atoms with Gasteiger partial charge in [0.1, 0.15) is 11.3 Å². The molecule has 15 nitrogen and oxygen atoms in total. The average molecular weight is 880 g/mol. The Morgan fingerprint density at radius 3 is 1.72 bits per heavy atom. The summed E-state index contributed by atoms with van der Waals surface area (Å²) in [5.41, 5.74) is 2.68. The topological polar surface area (TPSA) is 183 Å². The number of piperidine rings is 2. The fraction of sp³-hybridized carbons (Fsp3) is 0.429. The van der Waals surface area contributed by atoms with Crippen molar-refractivity contribution in [3.63, 3.8) is 0 Å². The first-order chi connectivity index (χ1) is 28.9. The van der Waals surface area contributed by atoms with Crippen molar-refractivity contribution >= 4 is 68.7 Å². The van der Waals surface area contributed by atoms with Gasteiger partial charge in [-0.05, 0) is 43.7 Å². The number of ether oxygens (including phenoxy) is 1. The Morgan fingerprint density at radius 1 is 0.787 bits per heavy atom. The quantitative estimate of drug-likeness (QED) is 0.0986. The largest absolute Gasteiger partial charge is 0.384 e. The molecule has 2 amide bonds. The lowest BCUT2D eigenvalue weighted by molar-refractivity contribution is -0.133. The zero-order valence-corrected chi connectivity index (χ0v) is 35.0. The molecule has 0 aromatic carbocycles. The van der Waals surface area contributed by atoms with Crippen LogP contribution in [0, 0.1) is 17.6 Å². The summed E-state index contributed by atoms with van der Waals surface area (Å²) in [5.74, 6) is 0.396. The van der Waals surface area contributed by atoms with Gasteiger partial charge >= 0.3 is 0 Å². The van der Waals surface area contributed by atoms with E-state index in [1.807, 2.05) is 18.7 Å². The van der Waals surface area contributed by atoms with Crippen LogP contribution in [0.15, 0.2) is 49.3 Å². The zero-order valence-electron chi connectivity index (χ0n) is 33.4. The SMILES string of the molecule is C.CC(C)CC(=O)N1CCCC(Nc2nc(-c3c[nH]c4ncc(Cl)cc34)ncc2F)C1.COCCC(=O)N1CCCC(Nc2nc(-c3c[nH]c4ncc(Cl)cc34)ncc2F)C1. The average Bonchev–Trinajstić information content (AvgIpc) is 3.86. The van der Waals surface area contributed by atoms with Crippen LogP contribution in [0.25, 0.3) is 44.8 Å². The Hall–Kier alpha value is -5.52. The van der Waals surface area contributed by atoms with E-state index >= 15 is 0 Å². The highest BCUT2D eigenvalue weighted by molar-refractivity contribution is 6.31. The molecule has 2 aliphatic rings. The fourth-order valence-electron chi connectivity index (χ4n) is 7.38. The van der Waals surface area contributed by atoms with E-state index in [0.29, 0.717) is 89.1 Å². The number of anilines is 2. The van der Waals surface area contributed by atoms with Gasteiger partial charge in [0.2, 0.25) is 11.8 Å². The van der Waals surface area contributed by atoms with E-state index in [1.54, 1.807) is 48.9 Å². The predicted octanol–water partition coefficient (Wildman–Crippen LogP) is 8.15. The maximum atomic E-state index is 14.5. The second kappa shape index (κ2) is 20.4. The molecule has 2 fully saturated rings. The molecule has 2 saturated heterocycles. The number of aromatic nitrogens is 8. The number of carbonyl (C=O) groups is 2. The van der Waals surface area contributed by atoms with Gasteiger partial charge in [0.25, 0.3) is 0 Å². The van der Waals surface area contributed by atoms with E-state index in [1.165, 1.54) is 0 Å². The van der Waals surface area contributed by atoms with Gasteiger partial charge in [-0.25, -0.2) is 38.7 Å². The molecule has 6 aromatic rings. The highest BCUT2D eigenvalue weighted by Gasteiger charge is 2.27. The van der Waals surface area contributed by atoms with Crippen molar-refractivity contribution in [3.05, 3.63) is 71.0 Å². The van der Waals surface area contributed by atoms with Gasteiger partial charge < -0.3 is 35.1 Å². The standard InChI is InChI=1S/C21H24ClFN6O.C20H22ClFN6O2.CH4/c1-12(2)6-18(30)29-5-3-4-14(11-29)27-21-17(23)10-26-20(28-21)16-9-25-19-15(16)7-13(22)8-24-19;1-30-6-4-17(29)28-5-2-3-13(11-28)26-20-16(22)10-25-19(27-20)15-9-24-18-14(15)7-12(21)8-23-18;/h7-10,12,14H,3-6,11H2,1-2H3,(H,24,25)(H,26,27,28);7-10,13H,2-6,11H2,1H3,(H,23,24)(H,25,26,27);1H4. The van der Waals surface area contributed by atoms with Gasteiger partial charge in [-0.3, -0.25) is 9.59 Å². The second-order valence-corrected chi connectivity index (χ2v) is 16.1. The third kappa shape index (κ3) is 11.1. The number of methoxy groups -OCH3 is 1. The molecule has 61 heavy (non-hydrogen) atoms. The molecule has 4 N–H and O–H groups in total. The van der Waals surface area contributed by atoms with Crippen molar-refractivity contribution in [2.24, 2.45) is 5.92 Å². The molecule has 0 aliphatic carbocycles. The molecule has 8 heterocycles. The van der Waals surface area contributed by atoms with Crippen LogP contribution in [-0.2, 0) is 14.3 Å². The first-order valence-electron chi connectivity index (χ1n) is 19.8. The lowest BCUT2D eigenvalue weighted by Gasteiger charge is -2.34. The van der Waals surface area contributed by atoms with Gasteiger partial charge in [0, 0.05) is 98.5 Å². The molecule has 2 aliphatic heterocycles. The predicted molar refractivity (Wildman–Crippen MR) is 233 cm³/mol. The molecular formula is C42H50Cl2F2N12O3. The molecule has 324 valence electrons. The minimum Gasteiger partial charge on any atom is -0.384 e. The van der Waals surface area contributed by atoms with E-state index in [0.717, 1.165) is 55.4 Å². The number of nitrogens with zero attached hydrogens (tertiary/aromatic N) is 8. The Kier molecular flexibility index (Phi) is 15.0. The van der Waals surface area contributed by atoms with E-state index in [2.05, 4.69) is 50.5 Å². The number of hydrogen-bond acceptors (Lipinski definition) is 11. The van der Waals surface area contributed by atoms with Crippen molar-refractivity contribution in [2.75, 3.05) is 50.5 Å². The molecule has 6 aromatic heterocycles. The molecule has 2 atom stereocenters. The Morgan fingerprint density at radius 2 is 1.26 bits per heavy atom. The van der Waals surface area contributed by atoms with E-state index in [-0.39, 0.29) is 43.0 Å². The summed E-state index contributed by atoms with van der Waals surface area (Å²) in [6.45, 7) is 6.92. The summed E-state index contributed by atoms with van der Waals surface area (Å²) in [7, 11) is 1.57. The van der Waals surface area contributed by atoms with Crippen LogP contribution in [-0.4, -0.2) is 113 Å². The molecule has 0 radical (unpaired) electrons. The van der Waals surface area contributed by atoms with Crippen LogP contribution in [0.1, 0.15) is 59.8 Å². The minimum absolute atomic E-state index is 0. The number of likely N-dealkylation sites (tertiary alicyclic amines) is 2. The van der Waals surface area contributed by atoms with Crippen molar-refractivity contribution in [1.82, 2.24) is 49.7 Å². The molecule has 19 heteroatoms. The Labute approximate surface area is 362 Å². The maximum absolute atomic E-state index is 14.5. The number of rotatable bonds is 11. The number of aromatic amines is 2. The maximum Gasteiger partial charge on any atom is 0.224 e. The highest BCUT2D eigenvalue weighted by atomic mass is 35.5. The van der Waals surface area contributed by atoms with Gasteiger partial charge in [-0.15, -0.1) is 0 Å². The van der Waals surface area contributed by atoms with E-state index in [9.17, 15) is 18.4 Å². The van der Waals surface area contributed by atoms with E-state index < -0.39 is 11.6 Å². The van der Waals surface area contributed by atoms with Crippen molar-refractivity contribution in [1.29, 1.82) is 0 Å². The number of carbonyl (C=O) groups excluding carboxylic acids is 2. The first-order valence-corrected chi connectivity index (χ1v) is 20.6. The highest BCUT2D eigenvalue weighted by Crippen LogP contribution is 2.30. The summed E-state index contributed by atoms with van der Waals surface area (Å²) in [5, 5.41) is 8.84. The van der Waals surface area contributed by atoms with Crippen LogP contribution in [0.4, 0.5) is 20.4 Å². The van der Waals surface area contributed by atoms with Crippen LogP contribution in [0.5, 0.6) is 0 Å². The van der Waals surface area contributed by atoms with Crippen LogP contribution in [0.3, 0.4) is 0 Å². The number of fused-ring (bicyclic) bond motifs is 2. The van der Waals surface area contributed by atoms with Crippen molar-refractivity contribution < 1.29 is 23.1 Å². The van der Waals surface area contributed by atoms with Crippen molar-refractivity contribution in [3.8, 4) is 22.8 Å². The summed E-state index contributed by atoms with van der Waals surface area (Å²) in [4.78, 5) is 60.0. The summed E-state index contributed by atoms with van der Waals surface area (Å²) in [6, 6.07) is 3.38. The number of halogens is 4. The minimum atomic E-state index is -0.544. The molecule has 0 spiro atoms. The Bertz CT molecular complexity index is 2470. The third-order valence-electron chi connectivity index (χ3n) is 10.3. The fourth-order valence-corrected chi connectivity index (χ4v) is 7.69. The summed E-state index contributed by atoms with van der Waals surface area (Å²) in [6.07, 6.45) is 13.1. The third-order valence-corrected chi connectivity index (χ3v) is 10.7. The summed E-state index contributed by atoms with van der Waals surface area (Å²) < 4.78 is 33.9. The van der Waals surface area contributed by atoms with E-state index in [4.69, 9.17) is 27.9 Å². The molecule has 0 saturated carbocycles. The smallest absolute Gasteiger partial charge is 0.224 e. The molecule has 2 unspecified atom stereocenters. The Balaban J connectivity index is 0.000000201. The summed E-state index contributed by atoms with van der Waals surface area (Å²) >= 11 is 12.1.